The van der Waals surface area contributed by atoms with Crippen molar-refractivity contribution in [1.82, 2.24) is 9.97 Å². The average Bonchev–Trinajstić information content (AvgIpc) is 3.51. The number of ketones is 2. The summed E-state index contributed by atoms with van der Waals surface area (Å²) in [6.45, 7) is 2.37. The summed E-state index contributed by atoms with van der Waals surface area (Å²) in [7, 11) is 0. The number of nitrogens with one attached hydrogen (secondary N) is 1. The zero-order chi connectivity index (χ0) is 23.7. The van der Waals surface area contributed by atoms with E-state index in [4.69, 9.17) is 9.47 Å². The third kappa shape index (κ3) is 4.27. The van der Waals surface area contributed by atoms with Crippen LogP contribution in [0.2, 0.25) is 0 Å². The second kappa shape index (κ2) is 9.29. The van der Waals surface area contributed by atoms with Gasteiger partial charge in [-0.3, -0.25) is 9.59 Å². The maximum atomic E-state index is 13.9. The van der Waals surface area contributed by atoms with Crippen LogP contribution in [0.3, 0.4) is 0 Å². The Morgan fingerprint density at radius 1 is 1.03 bits per heavy atom. The topological polar surface area (TPSA) is 81.3 Å². The maximum Gasteiger partial charge on any atom is 0.181 e. The summed E-state index contributed by atoms with van der Waals surface area (Å²) in [6.07, 6.45) is 0.161. The molecule has 1 N–H and O–H groups in total. The number of Topliss-reactive ketones (excluding diaryl/α,β-unsaturated/α-hetero) is 2. The molecule has 2 heterocycles. The van der Waals surface area contributed by atoms with Crippen LogP contribution in [0.4, 0.5) is 4.39 Å². The van der Waals surface area contributed by atoms with Crippen LogP contribution < -0.4 is 0 Å². The molecule has 3 atom stereocenters. The van der Waals surface area contributed by atoms with E-state index in [9.17, 15) is 14.0 Å². The van der Waals surface area contributed by atoms with Crippen molar-refractivity contribution in [3.05, 3.63) is 101 Å². The van der Waals surface area contributed by atoms with E-state index in [0.29, 0.717) is 23.2 Å². The molecule has 5 rings (SSSR count). The first-order chi connectivity index (χ1) is 16.5. The maximum absolute atomic E-state index is 13.9. The molecule has 0 spiro atoms. The number of carbonyl (C=O) groups is 2. The average molecular weight is 458 g/mol. The van der Waals surface area contributed by atoms with Gasteiger partial charge in [-0.25, -0.2) is 9.37 Å². The lowest BCUT2D eigenvalue weighted by Crippen LogP contribution is -2.24. The molecular formula is C27H23FN2O4. The SMILES string of the molecule is CCC1OCC(c2cccc(C(=O)C(C(=O)c3cccc(F)c3)c3nc4ccccc4[nH]3)c2)O1. The van der Waals surface area contributed by atoms with E-state index in [1.165, 1.54) is 18.2 Å². The number of rotatable bonds is 7. The highest BCUT2D eigenvalue weighted by molar-refractivity contribution is 6.19. The second-order valence-corrected chi connectivity index (χ2v) is 8.23. The lowest BCUT2D eigenvalue weighted by atomic mass is 9.88. The fourth-order valence-corrected chi connectivity index (χ4v) is 4.19. The minimum Gasteiger partial charge on any atom is -0.350 e. The number of aromatic nitrogens is 2. The lowest BCUT2D eigenvalue weighted by molar-refractivity contribution is -0.0592. The lowest BCUT2D eigenvalue weighted by Gasteiger charge is -2.15. The zero-order valence-electron chi connectivity index (χ0n) is 18.5. The number of halogens is 1. The minimum atomic E-state index is -1.26. The smallest absolute Gasteiger partial charge is 0.181 e. The quantitative estimate of drug-likeness (QED) is 0.297. The molecule has 0 radical (unpaired) electrons. The van der Waals surface area contributed by atoms with Crippen molar-refractivity contribution < 1.29 is 23.5 Å². The summed E-state index contributed by atoms with van der Waals surface area (Å²) in [5, 5.41) is 0. The van der Waals surface area contributed by atoms with Gasteiger partial charge in [-0.15, -0.1) is 0 Å². The minimum absolute atomic E-state index is 0.105. The molecule has 34 heavy (non-hydrogen) atoms. The molecule has 1 aromatic heterocycles. The Morgan fingerprint density at radius 2 is 1.76 bits per heavy atom. The third-order valence-corrected chi connectivity index (χ3v) is 5.94. The molecular weight excluding hydrogens is 435 g/mol. The van der Waals surface area contributed by atoms with Crippen LogP contribution in [0.15, 0.2) is 72.8 Å². The number of ether oxygens (including phenoxy) is 2. The highest BCUT2D eigenvalue weighted by Crippen LogP contribution is 2.31. The molecule has 4 aromatic rings. The van der Waals surface area contributed by atoms with Crippen LogP contribution in [-0.2, 0) is 9.47 Å². The molecule has 0 saturated carbocycles. The molecule has 1 saturated heterocycles. The van der Waals surface area contributed by atoms with Crippen LogP contribution in [0, 0.1) is 5.82 Å². The number of hydrogen-bond acceptors (Lipinski definition) is 5. The summed E-state index contributed by atoms with van der Waals surface area (Å²) in [4.78, 5) is 34.9. The number of H-pyrrole nitrogens is 1. The van der Waals surface area contributed by atoms with Gasteiger partial charge in [0.2, 0.25) is 0 Å². The van der Waals surface area contributed by atoms with E-state index < -0.39 is 23.3 Å². The van der Waals surface area contributed by atoms with E-state index in [0.717, 1.165) is 18.1 Å². The second-order valence-electron chi connectivity index (χ2n) is 8.23. The first-order valence-electron chi connectivity index (χ1n) is 11.2. The highest BCUT2D eigenvalue weighted by Gasteiger charge is 2.34. The van der Waals surface area contributed by atoms with Crippen LogP contribution in [0.25, 0.3) is 11.0 Å². The van der Waals surface area contributed by atoms with E-state index in [1.807, 2.05) is 31.2 Å². The molecule has 1 fully saturated rings. The molecule has 172 valence electrons. The van der Waals surface area contributed by atoms with Crippen LogP contribution in [0.1, 0.15) is 57.5 Å². The Hall–Kier alpha value is -3.68. The number of benzene rings is 3. The largest absolute Gasteiger partial charge is 0.350 e. The molecule has 0 bridgehead atoms. The summed E-state index contributed by atoms with van der Waals surface area (Å²) >= 11 is 0. The first-order valence-corrected chi connectivity index (χ1v) is 11.2. The van der Waals surface area contributed by atoms with Crippen LogP contribution >= 0.6 is 0 Å². The summed E-state index contributed by atoms with van der Waals surface area (Å²) in [6, 6.07) is 19.6. The Morgan fingerprint density at radius 3 is 2.47 bits per heavy atom. The number of fused-ring (bicyclic) bond motifs is 1. The fraction of sp³-hybridized carbons (Fsp3) is 0.222. The van der Waals surface area contributed by atoms with Gasteiger partial charge < -0.3 is 14.5 Å². The van der Waals surface area contributed by atoms with Crippen molar-refractivity contribution in [2.75, 3.05) is 6.61 Å². The van der Waals surface area contributed by atoms with Gasteiger partial charge in [0.1, 0.15) is 23.7 Å². The predicted octanol–water partition coefficient (Wildman–Crippen LogP) is 5.38. The van der Waals surface area contributed by atoms with Gasteiger partial charge >= 0.3 is 0 Å². The Balaban J connectivity index is 1.54. The normalized spacial score (nSPS) is 18.8. The zero-order valence-corrected chi connectivity index (χ0v) is 18.5. The number of imidazole rings is 1. The number of hydrogen-bond donors (Lipinski definition) is 1. The van der Waals surface area contributed by atoms with E-state index in [1.54, 1.807) is 24.3 Å². The van der Waals surface area contributed by atoms with Crippen LogP contribution in [0.5, 0.6) is 0 Å². The standard InChI is InChI=1S/C27H23FN2O4/c1-2-23-33-15-22(34-23)16-7-5-8-17(13-16)25(31)24(26(32)18-9-6-10-19(28)14-18)27-29-20-11-3-4-12-21(20)30-27/h3-14,22-24H,2,15H2,1H3,(H,29,30). The Bertz CT molecular complexity index is 1330. The Labute approximate surface area is 195 Å². The van der Waals surface area contributed by atoms with Crippen molar-refractivity contribution in [3.63, 3.8) is 0 Å². The van der Waals surface area contributed by atoms with Gasteiger partial charge in [0, 0.05) is 11.1 Å². The first kappa shape index (κ1) is 22.1. The molecule has 1 aliphatic rings. The van der Waals surface area contributed by atoms with Gasteiger partial charge in [-0.1, -0.05) is 49.4 Å². The number of nitrogens with zero attached hydrogens (tertiary/aromatic N) is 1. The van der Waals surface area contributed by atoms with Crippen LogP contribution in [-0.4, -0.2) is 34.4 Å². The molecule has 3 unspecified atom stereocenters. The fourth-order valence-electron chi connectivity index (χ4n) is 4.19. The van der Waals surface area contributed by atoms with Gasteiger partial charge in [0.05, 0.1) is 17.6 Å². The molecule has 0 amide bonds. The van der Waals surface area contributed by atoms with Gasteiger partial charge in [-0.05, 0) is 42.3 Å². The van der Waals surface area contributed by atoms with Crippen molar-refractivity contribution in [2.45, 2.75) is 31.7 Å². The van der Waals surface area contributed by atoms with Crippen molar-refractivity contribution in [1.29, 1.82) is 0 Å². The van der Waals surface area contributed by atoms with E-state index in [-0.39, 0.29) is 23.8 Å². The van der Waals surface area contributed by atoms with E-state index >= 15 is 0 Å². The van der Waals surface area contributed by atoms with Gasteiger partial charge in [0.15, 0.2) is 17.9 Å². The van der Waals surface area contributed by atoms with Crippen molar-refractivity contribution in [2.24, 2.45) is 0 Å². The molecule has 6 nitrogen and oxygen atoms in total. The Kier molecular flexibility index (Phi) is 6.04. The van der Waals surface area contributed by atoms with Crippen molar-refractivity contribution >= 4 is 22.6 Å². The third-order valence-electron chi connectivity index (χ3n) is 5.94. The van der Waals surface area contributed by atoms with Crippen molar-refractivity contribution in [3.8, 4) is 0 Å². The summed E-state index contributed by atoms with van der Waals surface area (Å²) < 4.78 is 25.4. The molecule has 0 aliphatic carbocycles. The monoisotopic (exact) mass is 458 g/mol. The molecule has 1 aliphatic heterocycles. The van der Waals surface area contributed by atoms with Gasteiger partial charge in [-0.2, -0.15) is 0 Å². The highest BCUT2D eigenvalue weighted by atomic mass is 19.1. The molecule has 3 aromatic carbocycles. The summed E-state index contributed by atoms with van der Waals surface area (Å²) in [5.74, 6) is -2.54. The number of carbonyl (C=O) groups excluding carboxylic acids is 2. The summed E-state index contributed by atoms with van der Waals surface area (Å²) in [5.41, 5.74) is 2.59. The van der Waals surface area contributed by atoms with E-state index in [2.05, 4.69) is 9.97 Å². The number of aromatic amines is 1. The molecule has 7 heteroatoms. The van der Waals surface area contributed by atoms with Gasteiger partial charge in [0.25, 0.3) is 0 Å². The number of para-hydroxylation sites is 2. The predicted molar refractivity (Wildman–Crippen MR) is 124 cm³/mol.